The van der Waals surface area contributed by atoms with Crippen molar-refractivity contribution in [2.24, 2.45) is 0 Å². The highest BCUT2D eigenvalue weighted by Crippen LogP contribution is 2.18. The first-order chi connectivity index (χ1) is 15.0. The summed E-state index contributed by atoms with van der Waals surface area (Å²) in [5, 5.41) is 20.5. The Bertz CT molecular complexity index is 1010. The van der Waals surface area contributed by atoms with Crippen LogP contribution in [0.2, 0.25) is 5.02 Å². The van der Waals surface area contributed by atoms with Gasteiger partial charge in [0.25, 0.3) is 11.8 Å². The van der Waals surface area contributed by atoms with Gasteiger partial charge in [0, 0.05) is 23.7 Å². The number of nitrogens with one attached hydrogen (secondary N) is 1. The van der Waals surface area contributed by atoms with E-state index in [1.54, 1.807) is 42.5 Å². The molecule has 8 nitrogen and oxygen atoms in total. The first kappa shape index (κ1) is 23.4. The Kier molecular flexibility index (Phi) is 9.03. The molecule has 0 saturated carbocycles. The molecule has 0 saturated heterocycles. The third-order valence-electron chi connectivity index (χ3n) is 4.17. The number of halogens is 1. The molecule has 0 fully saturated rings. The predicted octanol–water partition coefficient (Wildman–Crippen LogP) is 3.41. The van der Waals surface area contributed by atoms with Crippen LogP contribution in [0.5, 0.6) is 0 Å². The summed E-state index contributed by atoms with van der Waals surface area (Å²) < 4.78 is 5.11. The molecule has 0 aliphatic rings. The molecular weight excluding hydrogens is 420 g/mol. The molecule has 31 heavy (non-hydrogen) atoms. The van der Waals surface area contributed by atoms with Crippen LogP contribution in [0.25, 0.3) is 0 Å². The molecule has 0 heterocycles. The standard InChI is InChI=1S/C22H19ClN4O4/c23-17-9-7-16(8-10-17)21(29)26-19-6-2-1-5-18(19)22(30)31-15-20(28)27(13-3-11-24)14-4-12-25/h1-2,5-10H,3-4,13-15H2,(H,26,29). The van der Waals surface area contributed by atoms with Crippen molar-refractivity contribution in [2.45, 2.75) is 12.8 Å². The minimum atomic E-state index is -0.791. The minimum absolute atomic E-state index is 0.0817. The zero-order valence-electron chi connectivity index (χ0n) is 16.5. The summed E-state index contributed by atoms with van der Waals surface area (Å²) in [7, 11) is 0. The fraction of sp³-hybridized carbons (Fsp3) is 0.227. The smallest absolute Gasteiger partial charge is 0.340 e. The number of nitrogens with zero attached hydrogens (tertiary/aromatic N) is 3. The van der Waals surface area contributed by atoms with Crippen molar-refractivity contribution in [3.05, 3.63) is 64.7 Å². The lowest BCUT2D eigenvalue weighted by atomic mass is 10.1. The Morgan fingerprint density at radius 3 is 2.19 bits per heavy atom. The number of anilines is 1. The molecule has 2 rings (SSSR count). The van der Waals surface area contributed by atoms with Gasteiger partial charge in [0.05, 0.1) is 36.2 Å². The number of benzene rings is 2. The number of hydrogen-bond donors (Lipinski definition) is 1. The molecule has 0 unspecified atom stereocenters. The number of ether oxygens (including phenoxy) is 1. The molecule has 0 aromatic heterocycles. The number of para-hydroxylation sites is 1. The molecule has 0 radical (unpaired) electrons. The van der Waals surface area contributed by atoms with Crippen LogP contribution in [0, 0.1) is 22.7 Å². The monoisotopic (exact) mass is 438 g/mol. The van der Waals surface area contributed by atoms with E-state index in [-0.39, 0.29) is 37.2 Å². The van der Waals surface area contributed by atoms with E-state index in [0.29, 0.717) is 10.6 Å². The number of carbonyl (C=O) groups is 3. The van der Waals surface area contributed by atoms with Crippen LogP contribution >= 0.6 is 11.6 Å². The number of nitriles is 2. The van der Waals surface area contributed by atoms with E-state index >= 15 is 0 Å². The van der Waals surface area contributed by atoms with Gasteiger partial charge in [-0.1, -0.05) is 23.7 Å². The summed E-state index contributed by atoms with van der Waals surface area (Å²) in [6.07, 6.45) is 0.204. The third kappa shape index (κ3) is 7.14. The maximum Gasteiger partial charge on any atom is 0.340 e. The van der Waals surface area contributed by atoms with Crippen LogP contribution in [0.4, 0.5) is 5.69 Å². The summed E-state index contributed by atoms with van der Waals surface area (Å²) in [6, 6.07) is 16.4. The second-order valence-corrected chi connectivity index (χ2v) is 6.72. The number of rotatable bonds is 9. The topological polar surface area (TPSA) is 123 Å². The van der Waals surface area contributed by atoms with E-state index in [1.165, 1.54) is 11.0 Å². The minimum Gasteiger partial charge on any atom is -0.452 e. The molecule has 2 aromatic carbocycles. The van der Waals surface area contributed by atoms with Gasteiger partial charge in [0.1, 0.15) is 0 Å². The summed E-state index contributed by atoms with van der Waals surface area (Å²) in [5.41, 5.74) is 0.664. The number of carbonyl (C=O) groups excluding carboxylic acids is 3. The molecule has 2 amide bonds. The molecule has 1 N–H and O–H groups in total. The van der Waals surface area contributed by atoms with E-state index in [1.807, 2.05) is 12.1 Å². The molecule has 2 aromatic rings. The Morgan fingerprint density at radius 1 is 0.968 bits per heavy atom. The lowest BCUT2D eigenvalue weighted by Gasteiger charge is -2.20. The molecule has 0 spiro atoms. The predicted molar refractivity (Wildman–Crippen MR) is 113 cm³/mol. The van der Waals surface area contributed by atoms with Crippen LogP contribution < -0.4 is 5.32 Å². The third-order valence-corrected chi connectivity index (χ3v) is 4.42. The highest BCUT2D eigenvalue weighted by atomic mass is 35.5. The Labute approximate surface area is 184 Å². The normalized spacial score (nSPS) is 9.77. The molecule has 9 heteroatoms. The molecule has 158 valence electrons. The van der Waals surface area contributed by atoms with Crippen LogP contribution in [-0.2, 0) is 9.53 Å². The van der Waals surface area contributed by atoms with Gasteiger partial charge in [-0.25, -0.2) is 4.79 Å². The van der Waals surface area contributed by atoms with Crippen LogP contribution in [0.15, 0.2) is 48.5 Å². The van der Waals surface area contributed by atoms with Gasteiger partial charge in [-0.3, -0.25) is 9.59 Å². The highest BCUT2D eigenvalue weighted by Gasteiger charge is 2.19. The van der Waals surface area contributed by atoms with Gasteiger partial charge in [-0.15, -0.1) is 0 Å². The molecule has 0 bridgehead atoms. The SMILES string of the molecule is N#CCCN(CCC#N)C(=O)COC(=O)c1ccccc1NC(=O)c1ccc(Cl)cc1. The summed E-state index contributed by atoms with van der Waals surface area (Å²) in [4.78, 5) is 38.6. The molecular formula is C22H19ClN4O4. The fourth-order valence-corrected chi connectivity index (χ4v) is 2.72. The van der Waals surface area contributed by atoms with E-state index in [2.05, 4.69) is 5.32 Å². The van der Waals surface area contributed by atoms with E-state index < -0.39 is 24.4 Å². The van der Waals surface area contributed by atoms with Crippen LogP contribution in [0.3, 0.4) is 0 Å². The van der Waals surface area contributed by atoms with E-state index in [4.69, 9.17) is 26.9 Å². The maximum atomic E-state index is 12.5. The maximum absolute atomic E-state index is 12.5. The fourth-order valence-electron chi connectivity index (χ4n) is 2.59. The van der Waals surface area contributed by atoms with Crippen LogP contribution in [-0.4, -0.2) is 42.4 Å². The highest BCUT2D eigenvalue weighted by molar-refractivity contribution is 6.30. The van der Waals surface area contributed by atoms with Gasteiger partial charge < -0.3 is 15.0 Å². The Hall–Kier alpha value is -3.88. The van der Waals surface area contributed by atoms with Gasteiger partial charge in [-0.05, 0) is 36.4 Å². The number of amides is 2. The second-order valence-electron chi connectivity index (χ2n) is 6.28. The summed E-state index contributed by atoms with van der Waals surface area (Å²) >= 11 is 5.83. The van der Waals surface area contributed by atoms with Crippen molar-refractivity contribution in [2.75, 3.05) is 25.0 Å². The average molecular weight is 439 g/mol. The summed E-state index contributed by atoms with van der Waals surface area (Å²) in [5.74, 6) is -1.74. The zero-order chi connectivity index (χ0) is 22.6. The van der Waals surface area contributed by atoms with Gasteiger partial charge in [0.15, 0.2) is 6.61 Å². The van der Waals surface area contributed by atoms with Gasteiger partial charge in [0.2, 0.25) is 0 Å². The average Bonchev–Trinajstić information content (AvgIpc) is 2.78. The van der Waals surface area contributed by atoms with Crippen molar-refractivity contribution in [3.8, 4) is 12.1 Å². The van der Waals surface area contributed by atoms with E-state index in [0.717, 1.165) is 0 Å². The molecule has 0 aliphatic carbocycles. The lowest BCUT2D eigenvalue weighted by molar-refractivity contribution is -0.134. The first-order valence-corrected chi connectivity index (χ1v) is 9.68. The number of esters is 1. The quantitative estimate of drug-likeness (QED) is 0.598. The summed E-state index contributed by atoms with van der Waals surface area (Å²) in [6.45, 7) is -0.264. The van der Waals surface area contributed by atoms with Gasteiger partial charge >= 0.3 is 5.97 Å². The van der Waals surface area contributed by atoms with E-state index in [9.17, 15) is 14.4 Å². The van der Waals surface area contributed by atoms with Crippen molar-refractivity contribution in [1.29, 1.82) is 10.5 Å². The largest absolute Gasteiger partial charge is 0.452 e. The Morgan fingerprint density at radius 2 is 1.58 bits per heavy atom. The van der Waals surface area contributed by atoms with Crippen molar-refractivity contribution in [3.63, 3.8) is 0 Å². The van der Waals surface area contributed by atoms with Gasteiger partial charge in [-0.2, -0.15) is 10.5 Å². The number of hydrogen-bond acceptors (Lipinski definition) is 6. The van der Waals surface area contributed by atoms with Crippen molar-refractivity contribution < 1.29 is 19.1 Å². The van der Waals surface area contributed by atoms with Crippen LogP contribution in [0.1, 0.15) is 33.6 Å². The zero-order valence-corrected chi connectivity index (χ0v) is 17.3. The molecule has 0 aliphatic heterocycles. The Balaban J connectivity index is 2.04. The molecule has 0 atom stereocenters. The van der Waals surface area contributed by atoms with Crippen molar-refractivity contribution in [1.82, 2.24) is 4.90 Å². The lowest BCUT2D eigenvalue weighted by Crippen LogP contribution is -2.36. The first-order valence-electron chi connectivity index (χ1n) is 9.31. The second kappa shape index (κ2) is 12.0. The van der Waals surface area contributed by atoms with Crippen molar-refractivity contribution >= 4 is 35.1 Å².